The SMILES string of the molecule is CCCC(=O)N1CCCN(C(=O)CN2CCc3sccc3[C@H]2c2ccc(Cl)cc2)CC1. The van der Waals surface area contributed by atoms with Crippen LogP contribution in [-0.2, 0) is 16.0 Å². The maximum absolute atomic E-state index is 13.3. The molecule has 1 saturated heterocycles. The van der Waals surface area contributed by atoms with Crippen molar-refractivity contribution in [2.24, 2.45) is 0 Å². The van der Waals surface area contributed by atoms with Crippen molar-refractivity contribution < 1.29 is 9.59 Å². The normalized spacial score (nSPS) is 19.7. The highest BCUT2D eigenvalue weighted by molar-refractivity contribution is 7.10. The lowest BCUT2D eigenvalue weighted by atomic mass is 9.93. The van der Waals surface area contributed by atoms with Crippen LogP contribution in [0.4, 0.5) is 0 Å². The van der Waals surface area contributed by atoms with Crippen molar-refractivity contribution in [3.8, 4) is 0 Å². The zero-order chi connectivity index (χ0) is 21.8. The molecule has 0 aliphatic carbocycles. The highest BCUT2D eigenvalue weighted by Crippen LogP contribution is 2.38. The summed E-state index contributed by atoms with van der Waals surface area (Å²) < 4.78 is 0. The standard InChI is InChI=1S/C24H30ClN3O2S/c1-2-4-22(29)26-11-3-12-27(15-14-26)23(30)17-28-13-9-21-20(10-16-31-21)24(28)18-5-7-19(25)8-6-18/h5-8,10,16,24H,2-4,9,11-15,17H2,1H3/t24-/m1/s1. The topological polar surface area (TPSA) is 43.9 Å². The first-order chi connectivity index (χ1) is 15.1. The highest BCUT2D eigenvalue weighted by atomic mass is 35.5. The van der Waals surface area contributed by atoms with E-state index in [2.05, 4.69) is 28.5 Å². The number of rotatable bonds is 5. The van der Waals surface area contributed by atoms with Gasteiger partial charge in [0.25, 0.3) is 0 Å². The van der Waals surface area contributed by atoms with Gasteiger partial charge in [0, 0.05) is 49.0 Å². The van der Waals surface area contributed by atoms with Gasteiger partial charge in [0.2, 0.25) is 11.8 Å². The van der Waals surface area contributed by atoms with Crippen molar-refractivity contribution in [3.05, 3.63) is 56.7 Å². The molecule has 1 fully saturated rings. The lowest BCUT2D eigenvalue weighted by molar-refractivity contribution is -0.134. The Kier molecular flexibility index (Phi) is 7.31. The van der Waals surface area contributed by atoms with Gasteiger partial charge in [-0.15, -0.1) is 11.3 Å². The van der Waals surface area contributed by atoms with Crippen LogP contribution in [-0.4, -0.2) is 65.8 Å². The number of halogens is 1. The van der Waals surface area contributed by atoms with E-state index in [1.54, 1.807) is 11.3 Å². The Balaban J connectivity index is 1.46. The van der Waals surface area contributed by atoms with Crippen LogP contribution in [0.25, 0.3) is 0 Å². The predicted molar refractivity (Wildman–Crippen MR) is 126 cm³/mol. The highest BCUT2D eigenvalue weighted by Gasteiger charge is 2.32. The number of benzene rings is 1. The molecule has 1 aromatic carbocycles. The Morgan fingerprint density at radius 1 is 1.00 bits per heavy atom. The molecule has 1 atom stereocenters. The van der Waals surface area contributed by atoms with E-state index in [0.717, 1.165) is 43.9 Å². The second-order valence-corrected chi connectivity index (χ2v) is 9.78. The van der Waals surface area contributed by atoms with Crippen LogP contribution >= 0.6 is 22.9 Å². The maximum atomic E-state index is 13.3. The minimum absolute atomic E-state index is 0.0748. The van der Waals surface area contributed by atoms with Crippen molar-refractivity contribution in [3.63, 3.8) is 0 Å². The summed E-state index contributed by atoms with van der Waals surface area (Å²) in [5.74, 6) is 0.364. The van der Waals surface area contributed by atoms with E-state index in [-0.39, 0.29) is 17.9 Å². The molecule has 0 radical (unpaired) electrons. The molecule has 0 bridgehead atoms. The zero-order valence-electron chi connectivity index (χ0n) is 18.1. The molecule has 2 amide bonds. The number of amides is 2. The van der Waals surface area contributed by atoms with Crippen LogP contribution in [0.3, 0.4) is 0 Å². The van der Waals surface area contributed by atoms with Gasteiger partial charge in [-0.25, -0.2) is 0 Å². The molecule has 0 unspecified atom stereocenters. The second-order valence-electron chi connectivity index (χ2n) is 8.34. The molecule has 4 rings (SSSR count). The summed E-state index contributed by atoms with van der Waals surface area (Å²) in [5.41, 5.74) is 2.47. The molecule has 166 valence electrons. The Morgan fingerprint density at radius 2 is 1.71 bits per heavy atom. The van der Waals surface area contributed by atoms with Crippen LogP contribution < -0.4 is 0 Å². The second kappa shape index (κ2) is 10.2. The maximum Gasteiger partial charge on any atom is 0.236 e. The van der Waals surface area contributed by atoms with E-state index in [9.17, 15) is 9.59 Å². The van der Waals surface area contributed by atoms with Gasteiger partial charge in [0.15, 0.2) is 0 Å². The molecule has 2 aliphatic heterocycles. The summed E-state index contributed by atoms with van der Waals surface area (Å²) in [6, 6.07) is 10.3. The van der Waals surface area contributed by atoms with E-state index < -0.39 is 0 Å². The summed E-state index contributed by atoms with van der Waals surface area (Å²) in [4.78, 5) is 33.1. The van der Waals surface area contributed by atoms with Gasteiger partial charge in [0.05, 0.1) is 12.6 Å². The first kappa shape index (κ1) is 22.3. The number of carbonyl (C=O) groups excluding carboxylic acids is 2. The van der Waals surface area contributed by atoms with E-state index in [4.69, 9.17) is 11.6 Å². The predicted octanol–water partition coefficient (Wildman–Crippen LogP) is 4.21. The van der Waals surface area contributed by atoms with Gasteiger partial charge < -0.3 is 9.80 Å². The molecule has 7 heteroatoms. The van der Waals surface area contributed by atoms with E-state index in [1.807, 2.05) is 28.9 Å². The third kappa shape index (κ3) is 5.13. The summed E-state index contributed by atoms with van der Waals surface area (Å²) in [6.45, 7) is 6.01. The number of nitrogens with zero attached hydrogens (tertiary/aromatic N) is 3. The average Bonchev–Trinajstić information content (AvgIpc) is 3.10. The molecular formula is C24H30ClN3O2S. The van der Waals surface area contributed by atoms with Gasteiger partial charge >= 0.3 is 0 Å². The molecular weight excluding hydrogens is 430 g/mol. The Hall–Kier alpha value is -1.89. The largest absolute Gasteiger partial charge is 0.341 e. The molecule has 0 spiro atoms. The first-order valence-corrected chi connectivity index (χ1v) is 12.4. The van der Waals surface area contributed by atoms with Gasteiger partial charge in [-0.3, -0.25) is 14.5 Å². The lowest BCUT2D eigenvalue weighted by Gasteiger charge is -2.37. The van der Waals surface area contributed by atoms with E-state index in [1.165, 1.54) is 16.0 Å². The fourth-order valence-electron chi connectivity index (χ4n) is 4.64. The lowest BCUT2D eigenvalue weighted by Crippen LogP contribution is -2.45. The summed E-state index contributed by atoms with van der Waals surface area (Å²) >= 11 is 7.92. The molecule has 31 heavy (non-hydrogen) atoms. The van der Waals surface area contributed by atoms with Crippen molar-refractivity contribution in [1.29, 1.82) is 0 Å². The number of carbonyl (C=O) groups is 2. The van der Waals surface area contributed by atoms with Crippen molar-refractivity contribution in [1.82, 2.24) is 14.7 Å². The summed E-state index contributed by atoms with van der Waals surface area (Å²) in [7, 11) is 0. The fraction of sp³-hybridized carbons (Fsp3) is 0.500. The minimum Gasteiger partial charge on any atom is -0.341 e. The monoisotopic (exact) mass is 459 g/mol. The molecule has 2 aliphatic rings. The Bertz CT molecular complexity index is 914. The van der Waals surface area contributed by atoms with E-state index in [0.29, 0.717) is 26.1 Å². The van der Waals surface area contributed by atoms with Crippen LogP contribution in [0, 0.1) is 0 Å². The van der Waals surface area contributed by atoms with Gasteiger partial charge in [0.1, 0.15) is 0 Å². The van der Waals surface area contributed by atoms with Crippen LogP contribution in [0.1, 0.15) is 48.2 Å². The van der Waals surface area contributed by atoms with Crippen molar-refractivity contribution in [2.45, 2.75) is 38.6 Å². The first-order valence-electron chi connectivity index (χ1n) is 11.2. The summed E-state index contributed by atoms with van der Waals surface area (Å²) in [6.07, 6.45) is 3.28. The zero-order valence-corrected chi connectivity index (χ0v) is 19.6. The van der Waals surface area contributed by atoms with Crippen LogP contribution in [0.2, 0.25) is 5.02 Å². The number of fused-ring (bicyclic) bond motifs is 1. The smallest absolute Gasteiger partial charge is 0.236 e. The minimum atomic E-state index is 0.0748. The summed E-state index contributed by atoms with van der Waals surface area (Å²) in [5, 5.41) is 2.87. The van der Waals surface area contributed by atoms with Gasteiger partial charge in [-0.05, 0) is 54.0 Å². The third-order valence-corrected chi connectivity index (χ3v) is 7.50. The number of hydrogen-bond acceptors (Lipinski definition) is 4. The molecule has 3 heterocycles. The average molecular weight is 460 g/mol. The van der Waals surface area contributed by atoms with Crippen LogP contribution in [0.15, 0.2) is 35.7 Å². The van der Waals surface area contributed by atoms with Crippen molar-refractivity contribution in [2.75, 3.05) is 39.3 Å². The van der Waals surface area contributed by atoms with Gasteiger partial charge in [-0.2, -0.15) is 0 Å². The van der Waals surface area contributed by atoms with E-state index >= 15 is 0 Å². The van der Waals surface area contributed by atoms with Crippen molar-refractivity contribution >= 4 is 34.8 Å². The molecule has 0 saturated carbocycles. The Labute approximate surface area is 193 Å². The third-order valence-electron chi connectivity index (χ3n) is 6.25. The quantitative estimate of drug-likeness (QED) is 0.672. The van der Waals surface area contributed by atoms with Gasteiger partial charge in [-0.1, -0.05) is 30.7 Å². The number of thiophene rings is 1. The molecule has 1 aromatic heterocycles. The van der Waals surface area contributed by atoms with Crippen LogP contribution in [0.5, 0.6) is 0 Å². The Morgan fingerprint density at radius 3 is 2.42 bits per heavy atom. The fourth-order valence-corrected chi connectivity index (χ4v) is 5.67. The molecule has 5 nitrogen and oxygen atoms in total. The molecule has 0 N–H and O–H groups in total. The number of hydrogen-bond donors (Lipinski definition) is 0. The molecule has 2 aromatic rings.